The van der Waals surface area contributed by atoms with E-state index in [0.29, 0.717) is 32.5 Å². The van der Waals surface area contributed by atoms with Crippen molar-refractivity contribution in [3.8, 4) is 0 Å². The molecule has 0 bridgehead atoms. The third-order valence-electron chi connectivity index (χ3n) is 8.66. The molecule has 1 amide bonds. The Hall–Kier alpha value is -3.70. The molecule has 0 aromatic carbocycles. The minimum atomic E-state index is -0.0830. The Bertz CT molecular complexity index is 1410. The van der Waals surface area contributed by atoms with Crippen LogP contribution < -0.4 is 10.2 Å². The number of anilines is 1. The number of azide groups is 1. The fourth-order valence-corrected chi connectivity index (χ4v) is 6.34. The standard InChI is InChI=1S/C31H44N10O2/c1-38-18-20-39(21-19-38)30-13-5-11-28-36-25(27(23-42)41(28)30)22-40(26-10-4-8-24-9-6-15-34-31(24)26)17-3-2-14-33-29(43)12-7-16-35-37-32/h5-6,9,11,13,15,26,42H,2-4,7-8,10,12,14,16-23H2,1H3,(H,33,43)/t26-/m0/s1. The van der Waals surface area contributed by atoms with Crippen LogP contribution in [0, 0.1) is 0 Å². The zero-order valence-corrected chi connectivity index (χ0v) is 25.2. The molecular weight excluding hydrogens is 544 g/mol. The summed E-state index contributed by atoms with van der Waals surface area (Å²) in [7, 11) is 2.15. The normalized spacial score (nSPS) is 17.2. The molecule has 12 nitrogen and oxygen atoms in total. The molecule has 1 fully saturated rings. The van der Waals surface area contributed by atoms with Crippen molar-refractivity contribution in [1.29, 1.82) is 0 Å². The van der Waals surface area contributed by atoms with Crippen molar-refractivity contribution >= 4 is 17.4 Å². The molecule has 43 heavy (non-hydrogen) atoms. The monoisotopic (exact) mass is 588 g/mol. The highest BCUT2D eigenvalue weighted by atomic mass is 16.3. The Morgan fingerprint density at radius 2 is 2.05 bits per heavy atom. The van der Waals surface area contributed by atoms with Gasteiger partial charge in [-0.05, 0) is 81.4 Å². The highest BCUT2D eigenvalue weighted by Crippen LogP contribution is 2.34. The van der Waals surface area contributed by atoms with E-state index < -0.39 is 0 Å². The van der Waals surface area contributed by atoms with Crippen LogP contribution in [0.2, 0.25) is 0 Å². The van der Waals surface area contributed by atoms with Crippen LogP contribution in [0.4, 0.5) is 5.82 Å². The maximum Gasteiger partial charge on any atom is 0.219 e. The zero-order chi connectivity index (χ0) is 30.0. The average molecular weight is 589 g/mol. The summed E-state index contributed by atoms with van der Waals surface area (Å²) >= 11 is 0. The van der Waals surface area contributed by atoms with E-state index in [0.717, 1.165) is 93.4 Å². The summed E-state index contributed by atoms with van der Waals surface area (Å²) in [6.07, 6.45) is 7.75. The first-order valence-corrected chi connectivity index (χ1v) is 15.6. The van der Waals surface area contributed by atoms with Gasteiger partial charge in [-0.2, -0.15) is 0 Å². The van der Waals surface area contributed by atoms with Gasteiger partial charge in [0, 0.05) is 63.3 Å². The van der Waals surface area contributed by atoms with Crippen molar-refractivity contribution in [2.45, 2.75) is 64.1 Å². The zero-order valence-electron chi connectivity index (χ0n) is 25.2. The second-order valence-electron chi connectivity index (χ2n) is 11.6. The topological polar surface area (TPSA) is 138 Å². The molecule has 3 aromatic heterocycles. The van der Waals surface area contributed by atoms with Gasteiger partial charge in [0.1, 0.15) is 11.5 Å². The maximum atomic E-state index is 12.1. The van der Waals surface area contributed by atoms with Gasteiger partial charge in [0.25, 0.3) is 0 Å². The Morgan fingerprint density at radius 3 is 2.86 bits per heavy atom. The van der Waals surface area contributed by atoms with Gasteiger partial charge in [-0.3, -0.25) is 19.1 Å². The van der Waals surface area contributed by atoms with E-state index in [2.05, 4.69) is 59.7 Å². The Balaban J connectivity index is 1.33. The van der Waals surface area contributed by atoms with Crippen LogP contribution in [0.25, 0.3) is 16.1 Å². The second kappa shape index (κ2) is 15.2. The molecule has 2 aliphatic rings. The number of pyridine rings is 2. The summed E-state index contributed by atoms with van der Waals surface area (Å²) in [6.45, 7) is 6.20. The molecule has 0 unspecified atom stereocenters. The number of nitrogens with one attached hydrogen (secondary N) is 1. The summed E-state index contributed by atoms with van der Waals surface area (Å²) in [6, 6.07) is 10.6. The van der Waals surface area contributed by atoms with E-state index in [1.54, 1.807) is 0 Å². The van der Waals surface area contributed by atoms with E-state index in [9.17, 15) is 9.90 Å². The number of aryl methyl sites for hydroxylation is 1. The summed E-state index contributed by atoms with van der Waals surface area (Å²) in [5.74, 6) is 1.07. The third kappa shape index (κ3) is 7.64. The van der Waals surface area contributed by atoms with Crippen molar-refractivity contribution in [3.05, 3.63) is 69.6 Å². The van der Waals surface area contributed by atoms with Gasteiger partial charge in [-0.1, -0.05) is 17.2 Å². The highest BCUT2D eigenvalue weighted by Gasteiger charge is 2.29. The number of unbranched alkanes of at least 4 members (excludes halogenated alkanes) is 1. The number of carbonyl (C=O) groups is 1. The lowest BCUT2D eigenvalue weighted by molar-refractivity contribution is -0.121. The summed E-state index contributed by atoms with van der Waals surface area (Å²) < 4.78 is 2.14. The van der Waals surface area contributed by atoms with E-state index in [4.69, 9.17) is 15.5 Å². The number of hydrogen-bond donors (Lipinski definition) is 2. The van der Waals surface area contributed by atoms with Crippen LogP contribution in [0.1, 0.15) is 67.2 Å². The molecule has 230 valence electrons. The van der Waals surface area contributed by atoms with E-state index >= 15 is 0 Å². The van der Waals surface area contributed by atoms with Gasteiger partial charge in [0.05, 0.1) is 29.7 Å². The molecule has 1 aliphatic heterocycles. The Morgan fingerprint density at radius 1 is 1.19 bits per heavy atom. The van der Waals surface area contributed by atoms with Gasteiger partial charge in [-0.15, -0.1) is 0 Å². The number of aromatic nitrogens is 3. The van der Waals surface area contributed by atoms with Crippen LogP contribution >= 0.6 is 0 Å². The van der Waals surface area contributed by atoms with Crippen LogP contribution in [-0.2, 0) is 24.4 Å². The number of aliphatic hydroxyl groups is 1. The molecular formula is C31H44N10O2. The molecule has 0 saturated carbocycles. The number of likely N-dealkylation sites (N-methyl/N-ethyl adjacent to an activating group) is 1. The number of fused-ring (bicyclic) bond motifs is 2. The molecule has 1 aliphatic carbocycles. The van der Waals surface area contributed by atoms with Crippen LogP contribution in [0.3, 0.4) is 0 Å². The number of piperazine rings is 1. The van der Waals surface area contributed by atoms with Gasteiger partial charge >= 0.3 is 0 Å². The molecule has 0 spiro atoms. The van der Waals surface area contributed by atoms with E-state index in [-0.39, 0.29) is 18.6 Å². The van der Waals surface area contributed by atoms with Crippen LogP contribution in [0.15, 0.2) is 41.6 Å². The smallest absolute Gasteiger partial charge is 0.219 e. The lowest BCUT2D eigenvalue weighted by atomic mass is 9.90. The summed E-state index contributed by atoms with van der Waals surface area (Å²) in [4.78, 5) is 32.0. The summed E-state index contributed by atoms with van der Waals surface area (Å²) in [5, 5.41) is 17.1. The van der Waals surface area contributed by atoms with Crippen molar-refractivity contribution in [3.63, 3.8) is 0 Å². The lowest BCUT2D eigenvalue weighted by Crippen LogP contribution is -2.45. The lowest BCUT2D eigenvalue weighted by Gasteiger charge is -2.35. The average Bonchev–Trinajstić information content (AvgIpc) is 3.40. The van der Waals surface area contributed by atoms with E-state index in [1.165, 1.54) is 5.56 Å². The van der Waals surface area contributed by atoms with Crippen molar-refractivity contribution in [1.82, 2.24) is 29.5 Å². The Labute approximate surface area is 253 Å². The molecule has 1 atom stereocenters. The Kier molecular flexibility index (Phi) is 10.8. The maximum absolute atomic E-state index is 12.1. The molecule has 5 rings (SSSR count). The largest absolute Gasteiger partial charge is 0.390 e. The molecule has 1 saturated heterocycles. The number of imidazole rings is 1. The number of aliphatic hydroxyl groups excluding tert-OH is 1. The number of carbonyl (C=O) groups excluding carboxylic acids is 1. The van der Waals surface area contributed by atoms with Crippen molar-refractivity contribution in [2.75, 3.05) is 57.8 Å². The predicted octanol–water partition coefficient (Wildman–Crippen LogP) is 3.84. The second-order valence-corrected chi connectivity index (χ2v) is 11.6. The van der Waals surface area contributed by atoms with Crippen molar-refractivity contribution in [2.24, 2.45) is 5.11 Å². The van der Waals surface area contributed by atoms with Gasteiger partial charge in [0.15, 0.2) is 0 Å². The molecule has 12 heteroatoms. The fourth-order valence-electron chi connectivity index (χ4n) is 6.34. The first-order chi connectivity index (χ1) is 21.1. The van der Waals surface area contributed by atoms with Crippen LogP contribution in [-0.4, -0.2) is 88.0 Å². The number of hydrogen-bond acceptors (Lipinski definition) is 8. The third-order valence-corrected chi connectivity index (χ3v) is 8.66. The molecule has 4 heterocycles. The molecule has 2 N–H and O–H groups in total. The van der Waals surface area contributed by atoms with Gasteiger partial charge in [-0.25, -0.2) is 4.98 Å². The predicted molar refractivity (Wildman–Crippen MR) is 167 cm³/mol. The quantitative estimate of drug-likeness (QED) is 0.126. The molecule has 3 aromatic rings. The van der Waals surface area contributed by atoms with Gasteiger partial charge in [0.2, 0.25) is 5.91 Å². The number of rotatable bonds is 14. The summed E-state index contributed by atoms with van der Waals surface area (Å²) in [5.41, 5.74) is 13.5. The minimum Gasteiger partial charge on any atom is -0.390 e. The minimum absolute atomic E-state index is 0.0103. The van der Waals surface area contributed by atoms with Crippen LogP contribution in [0.5, 0.6) is 0 Å². The van der Waals surface area contributed by atoms with E-state index in [1.807, 2.05) is 18.3 Å². The highest BCUT2D eigenvalue weighted by molar-refractivity contribution is 5.75. The SMILES string of the molecule is CN1CCN(c2cccc3nc(CN(CCCCNC(=O)CCCN=[N+]=[N-])[C@H]4CCCc5cccnc54)c(CO)n23)CC1. The number of nitrogens with zero attached hydrogens (tertiary/aromatic N) is 9. The first kappa shape index (κ1) is 30.7. The fraction of sp³-hybridized carbons (Fsp3) is 0.581. The van der Waals surface area contributed by atoms with Gasteiger partial charge < -0.3 is 20.2 Å². The first-order valence-electron chi connectivity index (χ1n) is 15.6. The molecule has 0 radical (unpaired) electrons. The number of amides is 1. The van der Waals surface area contributed by atoms with Crippen molar-refractivity contribution < 1.29 is 9.90 Å².